The number of methoxy groups -OCH3 is 1. The summed E-state index contributed by atoms with van der Waals surface area (Å²) in [5.41, 5.74) is 4.90. The van der Waals surface area contributed by atoms with Gasteiger partial charge in [0, 0.05) is 29.4 Å². The second-order valence-corrected chi connectivity index (χ2v) is 10.2. The molecular weight excluding hydrogens is 494 g/mol. The predicted molar refractivity (Wildman–Crippen MR) is 148 cm³/mol. The highest BCUT2D eigenvalue weighted by molar-refractivity contribution is 5.93. The number of amides is 2. The van der Waals surface area contributed by atoms with Gasteiger partial charge >= 0.3 is 12.1 Å². The van der Waals surface area contributed by atoms with Crippen molar-refractivity contribution in [1.82, 2.24) is 15.6 Å². The molecule has 0 bridgehead atoms. The van der Waals surface area contributed by atoms with Gasteiger partial charge in [0.2, 0.25) is 5.91 Å². The van der Waals surface area contributed by atoms with Crippen molar-refractivity contribution in [1.29, 1.82) is 0 Å². The van der Waals surface area contributed by atoms with Gasteiger partial charge in [0.05, 0.1) is 7.11 Å². The van der Waals surface area contributed by atoms with Gasteiger partial charge in [-0.2, -0.15) is 0 Å². The molecule has 1 aromatic heterocycles. The number of benzene rings is 3. The molecule has 1 aliphatic carbocycles. The van der Waals surface area contributed by atoms with E-state index in [1.54, 1.807) is 13.8 Å². The maximum Gasteiger partial charge on any atom is 0.408 e. The number of carbonyl (C=O) groups is 3. The minimum atomic E-state index is -1.35. The Kier molecular flexibility index (Phi) is 7.11. The number of H-pyrrole nitrogens is 1. The average molecular weight is 526 g/mol. The van der Waals surface area contributed by atoms with Gasteiger partial charge < -0.3 is 25.1 Å². The average Bonchev–Trinajstić information content (AvgIpc) is 3.49. The van der Waals surface area contributed by atoms with Gasteiger partial charge in [-0.25, -0.2) is 9.59 Å². The van der Waals surface area contributed by atoms with Crippen LogP contribution >= 0.6 is 0 Å². The van der Waals surface area contributed by atoms with Crippen LogP contribution < -0.4 is 10.6 Å². The number of hydrogen-bond acceptors (Lipinski definition) is 5. The van der Waals surface area contributed by atoms with Crippen molar-refractivity contribution >= 4 is 28.9 Å². The van der Waals surface area contributed by atoms with E-state index in [1.165, 1.54) is 7.11 Å². The fraction of sp³-hybridized carbons (Fsp3) is 0.258. The number of esters is 1. The summed E-state index contributed by atoms with van der Waals surface area (Å²) in [6.07, 6.45) is 1.32. The fourth-order valence-electron chi connectivity index (χ4n) is 5.14. The van der Waals surface area contributed by atoms with Crippen molar-refractivity contribution in [2.24, 2.45) is 0 Å². The Balaban J connectivity index is 1.23. The number of alkyl carbamates (subject to hydrolysis) is 1. The molecule has 0 fully saturated rings. The Morgan fingerprint density at radius 1 is 0.923 bits per heavy atom. The lowest BCUT2D eigenvalue weighted by Crippen LogP contribution is -2.58. The molecule has 200 valence electrons. The maximum atomic E-state index is 13.2. The molecule has 8 nitrogen and oxygen atoms in total. The summed E-state index contributed by atoms with van der Waals surface area (Å²) >= 11 is 0. The molecule has 4 aromatic rings. The van der Waals surface area contributed by atoms with Crippen LogP contribution in [-0.2, 0) is 25.5 Å². The first-order valence-electron chi connectivity index (χ1n) is 12.9. The van der Waals surface area contributed by atoms with Gasteiger partial charge in [0.25, 0.3) is 0 Å². The van der Waals surface area contributed by atoms with E-state index in [9.17, 15) is 14.4 Å². The third-order valence-corrected chi connectivity index (χ3v) is 7.22. The second kappa shape index (κ2) is 10.6. The largest absolute Gasteiger partial charge is 0.467 e. The summed E-state index contributed by atoms with van der Waals surface area (Å²) < 4.78 is 10.6. The Labute approximate surface area is 226 Å². The highest BCUT2D eigenvalue weighted by Crippen LogP contribution is 2.44. The van der Waals surface area contributed by atoms with E-state index in [0.29, 0.717) is 0 Å². The van der Waals surface area contributed by atoms with Crippen molar-refractivity contribution in [3.8, 4) is 11.1 Å². The fourth-order valence-corrected chi connectivity index (χ4v) is 5.14. The maximum absolute atomic E-state index is 13.2. The molecule has 0 unspecified atom stereocenters. The second-order valence-electron chi connectivity index (χ2n) is 10.2. The van der Waals surface area contributed by atoms with Crippen LogP contribution in [0.4, 0.5) is 4.79 Å². The number of aromatic amines is 1. The number of aromatic nitrogens is 1. The first-order chi connectivity index (χ1) is 18.8. The van der Waals surface area contributed by atoms with Crippen molar-refractivity contribution < 1.29 is 23.9 Å². The topological polar surface area (TPSA) is 110 Å². The quantitative estimate of drug-likeness (QED) is 0.289. The van der Waals surface area contributed by atoms with Gasteiger partial charge in [0.1, 0.15) is 18.2 Å². The molecule has 0 aliphatic heterocycles. The monoisotopic (exact) mass is 525 g/mol. The molecule has 8 heteroatoms. The number of carbonyl (C=O) groups excluding carboxylic acids is 3. The molecule has 3 N–H and O–H groups in total. The molecular formula is C31H31N3O5. The van der Waals surface area contributed by atoms with E-state index >= 15 is 0 Å². The summed E-state index contributed by atoms with van der Waals surface area (Å²) in [5.74, 6) is -1.21. The molecule has 0 saturated carbocycles. The van der Waals surface area contributed by atoms with E-state index in [0.717, 1.165) is 38.7 Å². The number of fused-ring (bicyclic) bond motifs is 4. The van der Waals surface area contributed by atoms with Gasteiger partial charge in [-0.05, 0) is 47.7 Å². The predicted octanol–water partition coefficient (Wildman–Crippen LogP) is 4.69. The number of para-hydroxylation sites is 1. The molecule has 39 heavy (non-hydrogen) atoms. The van der Waals surface area contributed by atoms with E-state index in [1.807, 2.05) is 66.9 Å². The van der Waals surface area contributed by atoms with Gasteiger partial charge in [0.15, 0.2) is 0 Å². The normalized spacial score (nSPS) is 13.3. The first-order valence-corrected chi connectivity index (χ1v) is 12.9. The molecule has 0 radical (unpaired) electrons. The molecule has 2 amide bonds. The zero-order valence-electron chi connectivity index (χ0n) is 22.1. The number of nitrogens with one attached hydrogen (secondary N) is 3. The number of hydrogen-bond donors (Lipinski definition) is 3. The zero-order valence-corrected chi connectivity index (χ0v) is 22.1. The smallest absolute Gasteiger partial charge is 0.408 e. The Bertz CT molecular complexity index is 1490. The summed E-state index contributed by atoms with van der Waals surface area (Å²) in [4.78, 5) is 41.7. The van der Waals surface area contributed by atoms with Crippen molar-refractivity contribution in [3.63, 3.8) is 0 Å². The molecule has 0 spiro atoms. The Morgan fingerprint density at radius 2 is 1.54 bits per heavy atom. The Morgan fingerprint density at radius 3 is 2.21 bits per heavy atom. The highest BCUT2D eigenvalue weighted by atomic mass is 16.5. The third kappa shape index (κ3) is 5.23. The van der Waals surface area contributed by atoms with Crippen LogP contribution in [0, 0.1) is 0 Å². The number of ether oxygens (including phenoxy) is 2. The minimum absolute atomic E-state index is 0.0973. The van der Waals surface area contributed by atoms with Crippen LogP contribution in [0.5, 0.6) is 0 Å². The minimum Gasteiger partial charge on any atom is -0.467 e. The molecule has 0 saturated heterocycles. The van der Waals surface area contributed by atoms with Crippen molar-refractivity contribution in [2.75, 3.05) is 13.7 Å². The van der Waals surface area contributed by atoms with E-state index in [-0.39, 0.29) is 18.9 Å². The van der Waals surface area contributed by atoms with Crippen LogP contribution in [0.3, 0.4) is 0 Å². The van der Waals surface area contributed by atoms with Crippen LogP contribution in [0.25, 0.3) is 22.0 Å². The first kappa shape index (κ1) is 26.0. The molecule has 3 aromatic carbocycles. The van der Waals surface area contributed by atoms with E-state index in [2.05, 4.69) is 27.8 Å². The standard InChI is InChI=1S/C31H31N3O5/c1-31(2,29(36)33-27(28(35)38-3)16-19-17-32-26-15-9-8-10-20(19)26)34-30(37)39-18-25-23-13-6-4-11-21(23)22-12-5-7-14-24(22)25/h4-15,17,25,27,32H,16,18H2,1-3H3,(H,33,36)(H,34,37)/t27-/m0/s1. The summed E-state index contributed by atoms with van der Waals surface area (Å²) in [6, 6.07) is 22.9. The number of rotatable bonds is 8. The highest BCUT2D eigenvalue weighted by Gasteiger charge is 2.35. The van der Waals surface area contributed by atoms with Crippen LogP contribution in [0.1, 0.15) is 36.5 Å². The summed E-state index contributed by atoms with van der Waals surface area (Å²) in [5, 5.41) is 6.34. The summed E-state index contributed by atoms with van der Waals surface area (Å²) in [7, 11) is 1.27. The van der Waals surface area contributed by atoms with Crippen LogP contribution in [0.15, 0.2) is 79.0 Å². The van der Waals surface area contributed by atoms with E-state index in [4.69, 9.17) is 9.47 Å². The zero-order chi connectivity index (χ0) is 27.6. The van der Waals surface area contributed by atoms with E-state index < -0.39 is 29.6 Å². The third-order valence-electron chi connectivity index (χ3n) is 7.22. The van der Waals surface area contributed by atoms with Crippen molar-refractivity contribution in [2.45, 2.75) is 37.8 Å². The van der Waals surface area contributed by atoms with Gasteiger partial charge in [-0.15, -0.1) is 0 Å². The lowest BCUT2D eigenvalue weighted by Gasteiger charge is -2.27. The van der Waals surface area contributed by atoms with Crippen molar-refractivity contribution in [3.05, 3.63) is 95.7 Å². The van der Waals surface area contributed by atoms with Gasteiger partial charge in [-0.1, -0.05) is 66.7 Å². The SMILES string of the molecule is COC(=O)[C@H](Cc1c[nH]c2ccccc12)NC(=O)C(C)(C)NC(=O)OCC1c2ccccc2-c2ccccc21. The lowest BCUT2D eigenvalue weighted by atomic mass is 9.98. The summed E-state index contributed by atoms with van der Waals surface area (Å²) in [6.45, 7) is 3.25. The lowest BCUT2D eigenvalue weighted by molar-refractivity contribution is -0.145. The molecule has 1 aliphatic rings. The van der Waals surface area contributed by atoms with Crippen LogP contribution in [0.2, 0.25) is 0 Å². The van der Waals surface area contributed by atoms with Gasteiger partial charge in [-0.3, -0.25) is 4.79 Å². The van der Waals surface area contributed by atoms with Crippen LogP contribution in [-0.4, -0.2) is 48.3 Å². The molecule has 1 atom stereocenters. The Hall–Kier alpha value is -4.59. The molecule has 1 heterocycles. The molecule has 5 rings (SSSR count).